The molecule has 0 radical (unpaired) electrons. The molecule has 1 heterocycles. The van der Waals surface area contributed by atoms with Gasteiger partial charge in [0.2, 0.25) is 0 Å². The second-order valence-corrected chi connectivity index (χ2v) is 4.45. The molecule has 2 rings (SSSR count). The Morgan fingerprint density at radius 3 is 2.85 bits per heavy atom. The molecule has 0 N–H and O–H groups in total. The van der Waals surface area contributed by atoms with E-state index >= 15 is 0 Å². The van der Waals surface area contributed by atoms with Crippen LogP contribution in [0.4, 0.5) is 0 Å². The van der Waals surface area contributed by atoms with Crippen molar-refractivity contribution in [3.63, 3.8) is 0 Å². The summed E-state index contributed by atoms with van der Waals surface area (Å²) in [6.45, 7) is 0. The molecule has 1 aliphatic carbocycles. The third-order valence-corrected chi connectivity index (χ3v) is 3.98. The maximum atomic E-state index is 5.70. The highest BCUT2D eigenvalue weighted by atomic mass is 35.5. The number of hydrogen-bond acceptors (Lipinski definition) is 3. The van der Waals surface area contributed by atoms with Crippen molar-refractivity contribution in [3.05, 3.63) is 16.1 Å². The largest absolute Gasteiger partial charge is 0.371 e. The van der Waals surface area contributed by atoms with Crippen LogP contribution in [0.5, 0.6) is 0 Å². The van der Waals surface area contributed by atoms with Crippen LogP contribution in [0.3, 0.4) is 0 Å². The van der Waals surface area contributed by atoms with Crippen LogP contribution in [-0.4, -0.2) is 12.1 Å². The van der Waals surface area contributed by atoms with Crippen LogP contribution in [0.15, 0.2) is 5.38 Å². The third-order valence-electron chi connectivity index (χ3n) is 2.63. The van der Waals surface area contributed by atoms with Crippen LogP contribution in [0.25, 0.3) is 0 Å². The molecular weight excluding hydrogens is 206 g/mol. The Kier molecular flexibility index (Phi) is 2.58. The molecule has 0 aliphatic heterocycles. The number of hydrogen-bond donors (Lipinski definition) is 0. The first-order valence-electron chi connectivity index (χ1n) is 4.37. The zero-order valence-corrected chi connectivity index (χ0v) is 9.12. The van der Waals surface area contributed by atoms with Crippen molar-refractivity contribution in [3.8, 4) is 0 Å². The van der Waals surface area contributed by atoms with Crippen molar-refractivity contribution in [2.24, 2.45) is 0 Å². The molecule has 72 valence electrons. The van der Waals surface area contributed by atoms with Crippen molar-refractivity contribution in [2.75, 3.05) is 7.11 Å². The Labute approximate surface area is 86.9 Å². The minimum Gasteiger partial charge on any atom is -0.371 e. The van der Waals surface area contributed by atoms with Crippen molar-refractivity contribution in [1.29, 1.82) is 0 Å². The molecule has 1 aromatic rings. The van der Waals surface area contributed by atoms with Gasteiger partial charge in [-0.25, -0.2) is 4.98 Å². The number of halogens is 1. The number of nitrogens with zero attached hydrogens (tertiary/aromatic N) is 1. The van der Waals surface area contributed by atoms with E-state index in [2.05, 4.69) is 4.98 Å². The summed E-state index contributed by atoms with van der Waals surface area (Å²) in [6, 6.07) is 0. The Balaban J connectivity index is 2.23. The zero-order chi connectivity index (χ0) is 9.31. The molecule has 0 aromatic carbocycles. The number of thiazole rings is 1. The van der Waals surface area contributed by atoms with Gasteiger partial charge in [0.25, 0.3) is 0 Å². The van der Waals surface area contributed by atoms with E-state index in [9.17, 15) is 0 Å². The highest BCUT2D eigenvalue weighted by molar-refractivity contribution is 7.09. The summed E-state index contributed by atoms with van der Waals surface area (Å²) >= 11 is 7.36. The summed E-state index contributed by atoms with van der Waals surface area (Å²) in [6.07, 6.45) is 3.43. The van der Waals surface area contributed by atoms with Crippen LogP contribution < -0.4 is 0 Å². The van der Waals surface area contributed by atoms with Crippen LogP contribution in [-0.2, 0) is 16.2 Å². The number of rotatable bonds is 3. The van der Waals surface area contributed by atoms with Crippen LogP contribution >= 0.6 is 22.9 Å². The van der Waals surface area contributed by atoms with E-state index in [-0.39, 0.29) is 5.60 Å². The molecule has 4 heteroatoms. The lowest BCUT2D eigenvalue weighted by Crippen LogP contribution is -2.35. The number of aromatic nitrogens is 1. The summed E-state index contributed by atoms with van der Waals surface area (Å²) in [5.74, 6) is 0.496. The Hall–Kier alpha value is -0.120. The molecule has 0 spiro atoms. The molecule has 0 amide bonds. The smallest absolute Gasteiger partial charge is 0.125 e. The summed E-state index contributed by atoms with van der Waals surface area (Å²) in [5.41, 5.74) is 0.889. The molecule has 1 aromatic heterocycles. The van der Waals surface area contributed by atoms with Gasteiger partial charge in [0, 0.05) is 12.5 Å². The predicted octanol–water partition coefficient (Wildman–Crippen LogP) is 2.91. The SMILES string of the molecule is COC1(c2nc(CCl)cs2)CCC1. The molecule has 0 atom stereocenters. The lowest BCUT2D eigenvalue weighted by molar-refractivity contribution is -0.0780. The fourth-order valence-electron chi connectivity index (χ4n) is 1.58. The van der Waals surface area contributed by atoms with Gasteiger partial charge in [-0.1, -0.05) is 0 Å². The molecule has 1 saturated carbocycles. The number of methoxy groups -OCH3 is 1. The van der Waals surface area contributed by atoms with E-state index in [1.807, 2.05) is 5.38 Å². The maximum Gasteiger partial charge on any atom is 0.125 e. The number of ether oxygens (including phenoxy) is 1. The van der Waals surface area contributed by atoms with Crippen LogP contribution in [0, 0.1) is 0 Å². The van der Waals surface area contributed by atoms with E-state index in [1.54, 1.807) is 18.4 Å². The van der Waals surface area contributed by atoms with Crippen molar-refractivity contribution in [1.82, 2.24) is 4.98 Å². The first-order chi connectivity index (χ1) is 6.30. The van der Waals surface area contributed by atoms with Gasteiger partial charge in [0.15, 0.2) is 0 Å². The molecule has 2 nitrogen and oxygen atoms in total. The van der Waals surface area contributed by atoms with Gasteiger partial charge < -0.3 is 4.74 Å². The average Bonchev–Trinajstić information content (AvgIpc) is 2.52. The van der Waals surface area contributed by atoms with Gasteiger partial charge in [-0.3, -0.25) is 0 Å². The summed E-state index contributed by atoms with van der Waals surface area (Å²) in [5, 5.41) is 3.11. The first-order valence-corrected chi connectivity index (χ1v) is 5.78. The second-order valence-electron chi connectivity index (χ2n) is 3.33. The lowest BCUT2D eigenvalue weighted by Gasteiger charge is -2.38. The zero-order valence-electron chi connectivity index (χ0n) is 7.55. The predicted molar refractivity (Wildman–Crippen MR) is 54.2 cm³/mol. The molecule has 0 bridgehead atoms. The van der Waals surface area contributed by atoms with Crippen molar-refractivity contribution < 1.29 is 4.74 Å². The monoisotopic (exact) mass is 217 g/mol. The molecule has 1 fully saturated rings. The normalized spacial score (nSPS) is 19.8. The van der Waals surface area contributed by atoms with Gasteiger partial charge in [-0.15, -0.1) is 22.9 Å². The van der Waals surface area contributed by atoms with Crippen molar-refractivity contribution in [2.45, 2.75) is 30.7 Å². The Morgan fingerprint density at radius 2 is 2.46 bits per heavy atom. The van der Waals surface area contributed by atoms with Crippen LogP contribution in [0.1, 0.15) is 30.0 Å². The first kappa shape index (κ1) is 9.44. The van der Waals surface area contributed by atoms with Gasteiger partial charge in [0.1, 0.15) is 10.6 Å². The minimum atomic E-state index is -0.0744. The summed E-state index contributed by atoms with van der Waals surface area (Å²) in [4.78, 5) is 4.46. The van der Waals surface area contributed by atoms with Gasteiger partial charge in [-0.2, -0.15) is 0 Å². The average molecular weight is 218 g/mol. The second kappa shape index (κ2) is 3.56. The summed E-state index contributed by atoms with van der Waals surface area (Å²) < 4.78 is 5.52. The third kappa shape index (κ3) is 1.49. The van der Waals surface area contributed by atoms with Crippen LogP contribution in [0.2, 0.25) is 0 Å². The molecule has 0 saturated heterocycles. The maximum absolute atomic E-state index is 5.70. The lowest BCUT2D eigenvalue weighted by atomic mass is 9.80. The van der Waals surface area contributed by atoms with Gasteiger partial charge in [0.05, 0.1) is 11.6 Å². The van der Waals surface area contributed by atoms with Gasteiger partial charge in [-0.05, 0) is 19.3 Å². The van der Waals surface area contributed by atoms with E-state index in [0.717, 1.165) is 23.5 Å². The number of alkyl halides is 1. The fourth-order valence-corrected chi connectivity index (χ4v) is 2.87. The topological polar surface area (TPSA) is 22.1 Å². The highest BCUT2D eigenvalue weighted by Gasteiger charge is 2.41. The molecule has 0 unspecified atom stereocenters. The molecule has 1 aliphatic rings. The van der Waals surface area contributed by atoms with Gasteiger partial charge >= 0.3 is 0 Å². The van der Waals surface area contributed by atoms with E-state index in [0.29, 0.717) is 5.88 Å². The summed E-state index contributed by atoms with van der Waals surface area (Å²) in [7, 11) is 1.76. The van der Waals surface area contributed by atoms with E-state index in [4.69, 9.17) is 16.3 Å². The van der Waals surface area contributed by atoms with E-state index < -0.39 is 0 Å². The molecular formula is C9H12ClNOS. The molecule has 13 heavy (non-hydrogen) atoms. The highest BCUT2D eigenvalue weighted by Crippen LogP contribution is 2.45. The van der Waals surface area contributed by atoms with E-state index in [1.165, 1.54) is 6.42 Å². The fraction of sp³-hybridized carbons (Fsp3) is 0.667. The minimum absolute atomic E-state index is 0.0744. The Bertz CT molecular complexity index is 290. The Morgan fingerprint density at radius 1 is 1.69 bits per heavy atom. The quantitative estimate of drug-likeness (QED) is 0.727. The standard InChI is InChI=1S/C9H12ClNOS/c1-12-9(3-2-4-9)8-11-7(5-10)6-13-8/h6H,2-5H2,1H3. The van der Waals surface area contributed by atoms with Crippen molar-refractivity contribution >= 4 is 22.9 Å².